The van der Waals surface area contributed by atoms with Gasteiger partial charge >= 0.3 is 12.1 Å². The molecule has 2 N–H and O–H groups in total. The van der Waals surface area contributed by atoms with Crippen molar-refractivity contribution in [3.05, 3.63) is 40.7 Å². The maximum Gasteiger partial charge on any atom is 0.407 e. The summed E-state index contributed by atoms with van der Waals surface area (Å²) in [7, 11) is 0. The summed E-state index contributed by atoms with van der Waals surface area (Å²) in [5.41, 5.74) is 0.554. The maximum absolute atomic E-state index is 12.1. The van der Waals surface area contributed by atoms with Gasteiger partial charge in [0, 0.05) is 5.02 Å². The van der Waals surface area contributed by atoms with Gasteiger partial charge in [-0.3, -0.25) is 4.79 Å². The summed E-state index contributed by atoms with van der Waals surface area (Å²) >= 11 is 12.0. The van der Waals surface area contributed by atoms with Crippen LogP contribution in [0, 0.1) is 0 Å². The van der Waals surface area contributed by atoms with Gasteiger partial charge in [0.2, 0.25) is 5.89 Å². The quantitative estimate of drug-likeness (QED) is 0.321. The number of amides is 1. The highest BCUT2D eigenvalue weighted by Gasteiger charge is 2.31. The van der Waals surface area contributed by atoms with E-state index in [0.29, 0.717) is 17.0 Å². The van der Waals surface area contributed by atoms with E-state index < -0.39 is 24.2 Å². The van der Waals surface area contributed by atoms with E-state index in [-0.39, 0.29) is 36.1 Å². The zero-order valence-electron chi connectivity index (χ0n) is 15.8. The Kier molecular flexibility index (Phi) is 8.75. The smallest absolute Gasteiger partial charge is 0.407 e. The van der Waals surface area contributed by atoms with E-state index in [2.05, 4.69) is 16.9 Å². The Morgan fingerprint density at radius 1 is 1.38 bits per heavy atom. The van der Waals surface area contributed by atoms with E-state index in [0.717, 1.165) is 6.42 Å². The van der Waals surface area contributed by atoms with Gasteiger partial charge in [-0.1, -0.05) is 49.2 Å². The molecule has 10 heteroatoms. The first-order chi connectivity index (χ1) is 13.8. The predicted octanol–water partition coefficient (Wildman–Crippen LogP) is 4.18. The SMILES string of the molecule is C=CCOC(=O)NC(CC(=O)OCCCC)C(O)c1nc2cc(Cl)cc(Cl)c2o1. The molecule has 2 unspecified atom stereocenters. The van der Waals surface area contributed by atoms with Gasteiger partial charge in [-0.2, -0.15) is 0 Å². The second-order valence-corrected chi connectivity index (χ2v) is 6.99. The van der Waals surface area contributed by atoms with Crippen molar-refractivity contribution in [3.63, 3.8) is 0 Å². The van der Waals surface area contributed by atoms with Gasteiger partial charge in [0.15, 0.2) is 11.7 Å². The second kappa shape index (κ2) is 11.0. The van der Waals surface area contributed by atoms with Crippen LogP contribution >= 0.6 is 23.2 Å². The molecule has 0 aliphatic heterocycles. The molecule has 0 saturated carbocycles. The number of alkyl carbamates (subject to hydrolysis) is 1. The van der Waals surface area contributed by atoms with E-state index in [9.17, 15) is 14.7 Å². The minimum atomic E-state index is -1.47. The first-order valence-corrected chi connectivity index (χ1v) is 9.74. The molecule has 0 aliphatic rings. The number of aromatic nitrogens is 1. The fourth-order valence-electron chi connectivity index (χ4n) is 2.41. The fraction of sp³-hybridized carbons (Fsp3) is 0.421. The monoisotopic (exact) mass is 444 g/mol. The van der Waals surface area contributed by atoms with Gasteiger partial charge in [-0.05, 0) is 18.6 Å². The van der Waals surface area contributed by atoms with Crippen LogP contribution in [0.1, 0.15) is 38.2 Å². The van der Waals surface area contributed by atoms with Crippen LogP contribution in [0.4, 0.5) is 4.79 Å². The molecule has 8 nitrogen and oxygen atoms in total. The molecule has 0 radical (unpaired) electrons. The summed E-state index contributed by atoms with van der Waals surface area (Å²) in [4.78, 5) is 28.2. The molecule has 2 atom stereocenters. The van der Waals surface area contributed by atoms with Crippen LogP contribution in [0.5, 0.6) is 0 Å². The van der Waals surface area contributed by atoms with Crippen molar-refractivity contribution in [2.45, 2.75) is 38.3 Å². The number of aliphatic hydroxyl groups excluding tert-OH is 1. The molecular formula is C19H22Cl2N2O6. The number of hydrogen-bond acceptors (Lipinski definition) is 7. The molecule has 1 aromatic heterocycles. The van der Waals surface area contributed by atoms with Gasteiger partial charge in [0.05, 0.1) is 24.1 Å². The van der Waals surface area contributed by atoms with Crippen LogP contribution in [0.25, 0.3) is 11.1 Å². The number of halogens is 2. The summed E-state index contributed by atoms with van der Waals surface area (Å²) < 4.78 is 15.5. The average molecular weight is 445 g/mol. The zero-order chi connectivity index (χ0) is 21.4. The number of nitrogens with one attached hydrogen (secondary N) is 1. The van der Waals surface area contributed by atoms with Crippen LogP contribution in [-0.4, -0.2) is 41.4 Å². The summed E-state index contributed by atoms with van der Waals surface area (Å²) in [6, 6.07) is 1.88. The Hall–Kier alpha value is -2.29. The molecule has 29 heavy (non-hydrogen) atoms. The Labute approximate surface area is 177 Å². The average Bonchev–Trinajstić information content (AvgIpc) is 3.09. The lowest BCUT2D eigenvalue weighted by Gasteiger charge is -2.21. The highest BCUT2D eigenvalue weighted by atomic mass is 35.5. The third kappa shape index (κ3) is 6.62. The molecule has 1 heterocycles. The van der Waals surface area contributed by atoms with E-state index >= 15 is 0 Å². The molecular weight excluding hydrogens is 423 g/mol. The number of ether oxygens (including phenoxy) is 2. The number of carbonyl (C=O) groups excluding carboxylic acids is 2. The van der Waals surface area contributed by atoms with E-state index in [4.69, 9.17) is 37.1 Å². The molecule has 0 fully saturated rings. The van der Waals surface area contributed by atoms with Crippen LogP contribution in [0.15, 0.2) is 29.2 Å². The lowest BCUT2D eigenvalue weighted by molar-refractivity contribution is -0.145. The third-order valence-corrected chi connectivity index (χ3v) is 4.34. The maximum atomic E-state index is 12.1. The summed E-state index contributed by atoms with van der Waals surface area (Å²) in [5, 5.41) is 13.7. The van der Waals surface area contributed by atoms with Crippen LogP contribution in [-0.2, 0) is 14.3 Å². The first kappa shape index (κ1) is 23.0. The first-order valence-electron chi connectivity index (χ1n) is 8.99. The topological polar surface area (TPSA) is 111 Å². The number of rotatable bonds is 10. The van der Waals surface area contributed by atoms with Crippen molar-refractivity contribution >= 4 is 46.4 Å². The molecule has 0 bridgehead atoms. The van der Waals surface area contributed by atoms with Gasteiger partial charge < -0.3 is 24.3 Å². The number of aliphatic hydroxyl groups is 1. The number of nitrogens with zero attached hydrogens (tertiary/aromatic N) is 1. The van der Waals surface area contributed by atoms with E-state index in [1.165, 1.54) is 18.2 Å². The van der Waals surface area contributed by atoms with Crippen molar-refractivity contribution in [3.8, 4) is 0 Å². The normalized spacial score (nSPS) is 13.0. The molecule has 0 aliphatic carbocycles. The minimum absolute atomic E-state index is 0.0351. The highest BCUT2D eigenvalue weighted by molar-refractivity contribution is 6.37. The van der Waals surface area contributed by atoms with Crippen molar-refractivity contribution in [2.75, 3.05) is 13.2 Å². The standard InChI is InChI=1S/C19H22Cl2N2O6/c1-3-5-7-27-15(24)10-13(23-19(26)28-6-4-2)16(25)18-22-14-9-11(20)8-12(21)17(14)29-18/h4,8-9,13,16,25H,2-3,5-7,10H2,1H3,(H,23,26). The molecule has 1 amide bonds. The predicted molar refractivity (Wildman–Crippen MR) is 108 cm³/mol. The number of unbranched alkanes of at least 4 members (excludes halogenated alkanes) is 1. The van der Waals surface area contributed by atoms with Crippen LogP contribution in [0.3, 0.4) is 0 Å². The Morgan fingerprint density at radius 3 is 2.83 bits per heavy atom. The molecule has 158 valence electrons. The highest BCUT2D eigenvalue weighted by Crippen LogP contribution is 2.31. The van der Waals surface area contributed by atoms with E-state index in [1.54, 1.807) is 0 Å². The number of esters is 1. The lowest BCUT2D eigenvalue weighted by Crippen LogP contribution is -2.41. The van der Waals surface area contributed by atoms with Gasteiger partial charge in [-0.15, -0.1) is 0 Å². The van der Waals surface area contributed by atoms with Crippen molar-refractivity contribution < 1.29 is 28.6 Å². The number of carbonyl (C=O) groups is 2. The molecule has 1 aromatic carbocycles. The van der Waals surface area contributed by atoms with E-state index in [1.807, 2.05) is 6.92 Å². The van der Waals surface area contributed by atoms with Gasteiger partial charge in [0.1, 0.15) is 12.1 Å². The second-order valence-electron chi connectivity index (χ2n) is 6.15. The molecule has 2 aromatic rings. The fourth-order valence-corrected chi connectivity index (χ4v) is 2.93. The minimum Gasteiger partial charge on any atom is -0.466 e. The van der Waals surface area contributed by atoms with Crippen molar-refractivity contribution in [1.82, 2.24) is 10.3 Å². The Balaban J connectivity index is 2.21. The number of oxazole rings is 1. The van der Waals surface area contributed by atoms with Crippen molar-refractivity contribution in [2.24, 2.45) is 0 Å². The third-order valence-electron chi connectivity index (χ3n) is 3.84. The molecule has 0 saturated heterocycles. The summed E-state index contributed by atoms with van der Waals surface area (Å²) in [6.45, 7) is 5.62. The number of fused-ring (bicyclic) bond motifs is 1. The van der Waals surface area contributed by atoms with Crippen LogP contribution < -0.4 is 5.32 Å². The number of benzene rings is 1. The largest absolute Gasteiger partial charge is 0.466 e. The Morgan fingerprint density at radius 2 is 2.14 bits per heavy atom. The zero-order valence-corrected chi connectivity index (χ0v) is 17.3. The molecule has 2 rings (SSSR count). The lowest BCUT2D eigenvalue weighted by atomic mass is 10.1. The molecule has 0 spiro atoms. The summed E-state index contributed by atoms with van der Waals surface area (Å²) in [6.07, 6.45) is 0.327. The van der Waals surface area contributed by atoms with Crippen LogP contribution in [0.2, 0.25) is 10.0 Å². The Bertz CT molecular complexity index is 870. The van der Waals surface area contributed by atoms with Gasteiger partial charge in [-0.25, -0.2) is 9.78 Å². The van der Waals surface area contributed by atoms with Gasteiger partial charge in [0.25, 0.3) is 0 Å². The van der Waals surface area contributed by atoms with Crippen molar-refractivity contribution in [1.29, 1.82) is 0 Å². The summed E-state index contributed by atoms with van der Waals surface area (Å²) in [5.74, 6) is -0.733. The number of hydrogen-bond donors (Lipinski definition) is 2.